The molecule has 0 heterocycles. The first-order chi connectivity index (χ1) is 9.56. The fourth-order valence-corrected chi connectivity index (χ4v) is 3.17. The van der Waals surface area contributed by atoms with E-state index in [0.29, 0.717) is 11.1 Å². The van der Waals surface area contributed by atoms with Gasteiger partial charge in [-0.3, -0.25) is 0 Å². The van der Waals surface area contributed by atoms with Crippen LogP contribution in [0.4, 0.5) is 8.86 Å². The van der Waals surface area contributed by atoms with Gasteiger partial charge in [0, 0.05) is 0 Å². The minimum absolute atomic E-state index is 0.0924. The van der Waals surface area contributed by atoms with Crippen LogP contribution in [-0.4, -0.2) is 11.0 Å². The zero-order valence-electron chi connectivity index (χ0n) is 10.0. The average Bonchev–Trinajstić information content (AvgIpc) is 2.47. The van der Waals surface area contributed by atoms with Crippen molar-refractivity contribution in [2.45, 2.75) is 5.25 Å². The van der Waals surface area contributed by atoms with Crippen molar-refractivity contribution < 1.29 is 56.6 Å². The molecule has 0 radical (unpaired) electrons. The van der Waals surface area contributed by atoms with E-state index in [1.807, 2.05) is 0 Å². The summed E-state index contributed by atoms with van der Waals surface area (Å²) in [5.41, 5.74) is 1.00. The summed E-state index contributed by atoms with van der Waals surface area (Å²) in [4.78, 5) is 11.9. The number of alkyl halides is 2. The van der Waals surface area contributed by atoms with Gasteiger partial charge in [-0.2, -0.15) is 0 Å². The topological polar surface area (TPSA) is 17.1 Å². The minimum atomic E-state index is -3.72. The molecule has 0 N–H and O–H groups in total. The van der Waals surface area contributed by atoms with Gasteiger partial charge in [0.2, 0.25) is 0 Å². The molecule has 20 heavy (non-hydrogen) atoms. The van der Waals surface area contributed by atoms with Crippen molar-refractivity contribution in [2.75, 3.05) is 0 Å². The van der Waals surface area contributed by atoms with Crippen molar-refractivity contribution in [3.05, 3.63) is 60.2 Å². The van der Waals surface area contributed by atoms with Crippen LogP contribution in [-0.2, 0) is 0 Å². The molecule has 0 aliphatic heterocycles. The number of hydrogen-bond donors (Lipinski definition) is 0. The SMILES string of the molecule is O=C(c1ccccc1-c1ccccc1)C(F)(F)S[Xe]F. The number of halogens is 3. The molecule has 0 fully saturated rings. The molecule has 0 saturated heterocycles. The Morgan fingerprint density at radius 2 is 1.60 bits per heavy atom. The maximum absolute atomic E-state index is 13.6. The molecule has 6 heteroatoms. The van der Waals surface area contributed by atoms with E-state index in [9.17, 15) is 13.7 Å². The molecule has 0 unspecified atom stereocenters. The van der Waals surface area contributed by atoms with Gasteiger partial charge in [0.25, 0.3) is 0 Å². The summed E-state index contributed by atoms with van der Waals surface area (Å²) in [6.45, 7) is 0. The Morgan fingerprint density at radius 1 is 1.00 bits per heavy atom. The summed E-state index contributed by atoms with van der Waals surface area (Å²) in [5.74, 6) is -1.35. The zero-order valence-corrected chi connectivity index (χ0v) is 12.8. The van der Waals surface area contributed by atoms with Gasteiger partial charge in [-0.1, -0.05) is 0 Å². The van der Waals surface area contributed by atoms with Crippen molar-refractivity contribution in [3.8, 4) is 11.1 Å². The van der Waals surface area contributed by atoms with Gasteiger partial charge in [0.1, 0.15) is 0 Å². The van der Waals surface area contributed by atoms with Crippen LogP contribution in [0.25, 0.3) is 11.1 Å². The second kappa shape index (κ2) is 7.20. The van der Waals surface area contributed by atoms with E-state index in [1.165, 1.54) is 12.1 Å². The van der Waals surface area contributed by atoms with Crippen molar-refractivity contribution >= 4 is 9.84 Å². The molecule has 0 aliphatic rings. The van der Waals surface area contributed by atoms with Crippen LogP contribution in [0.15, 0.2) is 54.6 Å². The number of hydrogen-bond acceptors (Lipinski definition) is 2. The predicted octanol–water partition coefficient (Wildman–Crippen LogP) is 4.75. The van der Waals surface area contributed by atoms with E-state index >= 15 is 0 Å². The van der Waals surface area contributed by atoms with Crippen molar-refractivity contribution in [1.82, 2.24) is 0 Å². The Balaban J connectivity index is 2.46. The van der Waals surface area contributed by atoms with Gasteiger partial charge in [0.15, 0.2) is 0 Å². The molecule has 0 amide bonds. The molecule has 2 aromatic rings. The molecule has 0 atom stereocenters. The Kier molecular flexibility index (Phi) is 5.83. The van der Waals surface area contributed by atoms with Crippen LogP contribution in [0.2, 0.25) is 0 Å². The molecular formula is C14H9F3OSXe. The first kappa shape index (κ1) is 16.2. The fourth-order valence-electron chi connectivity index (χ4n) is 1.77. The van der Waals surface area contributed by atoms with Crippen LogP contribution in [0.1, 0.15) is 10.4 Å². The summed E-state index contributed by atoms with van der Waals surface area (Å²) >= 11 is -2.06. The fraction of sp³-hybridized carbons (Fsp3) is 0.0714. The average molecular weight is 414 g/mol. The summed E-state index contributed by atoms with van der Waals surface area (Å²) in [7, 11) is 0. The summed E-state index contributed by atoms with van der Waals surface area (Å²) < 4.78 is 39.2. The molecule has 0 bridgehead atoms. The number of benzene rings is 2. The number of carbonyl (C=O) groups excluding carboxylic acids is 1. The number of ketones is 1. The Hall–Kier alpha value is -0.179. The third-order valence-corrected chi connectivity index (χ3v) is 5.08. The van der Waals surface area contributed by atoms with Gasteiger partial charge in [-0.05, 0) is 0 Å². The van der Waals surface area contributed by atoms with Crippen LogP contribution in [0.5, 0.6) is 0 Å². The third-order valence-electron chi connectivity index (χ3n) is 2.64. The quantitative estimate of drug-likeness (QED) is 0.658. The van der Waals surface area contributed by atoms with Crippen molar-refractivity contribution in [1.29, 1.82) is 0 Å². The number of Topliss-reactive ketones (excluding diaryl/α,β-unsaturated/α-hetero) is 1. The maximum atomic E-state index is 13.6. The van der Waals surface area contributed by atoms with E-state index in [-0.39, 0.29) is 9.62 Å². The second-order valence-electron chi connectivity index (χ2n) is 3.88. The zero-order chi connectivity index (χ0) is 14.6. The van der Waals surface area contributed by atoms with E-state index < -0.39 is 54.0 Å². The van der Waals surface area contributed by atoms with E-state index in [0.717, 1.165) is 0 Å². The first-order valence-electron chi connectivity index (χ1n) is 5.55. The molecule has 0 spiro atoms. The summed E-state index contributed by atoms with van der Waals surface area (Å²) in [6.07, 6.45) is 0. The van der Waals surface area contributed by atoms with Gasteiger partial charge in [-0.15, -0.1) is 0 Å². The predicted molar refractivity (Wildman–Crippen MR) is 69.9 cm³/mol. The van der Waals surface area contributed by atoms with Crippen LogP contribution < -0.4 is 0 Å². The monoisotopic (exact) mass is 414 g/mol. The first-order valence-corrected chi connectivity index (χ1v) is 9.48. The molecule has 0 aromatic heterocycles. The number of carbonyl (C=O) groups is 1. The Morgan fingerprint density at radius 3 is 2.25 bits per heavy atom. The van der Waals surface area contributed by atoms with Crippen molar-refractivity contribution in [3.63, 3.8) is 0 Å². The normalized spacial score (nSPS) is 11.6. The van der Waals surface area contributed by atoms with Crippen LogP contribution in [0.3, 0.4) is 0 Å². The molecule has 2 aromatic carbocycles. The molecular weight excluding hydrogens is 405 g/mol. The van der Waals surface area contributed by atoms with Gasteiger partial charge in [-0.25, -0.2) is 0 Å². The van der Waals surface area contributed by atoms with Gasteiger partial charge in [0.05, 0.1) is 0 Å². The van der Waals surface area contributed by atoms with Gasteiger partial charge < -0.3 is 0 Å². The van der Waals surface area contributed by atoms with Gasteiger partial charge >= 0.3 is 143 Å². The Bertz CT molecular complexity index is 604. The molecule has 0 saturated carbocycles. The van der Waals surface area contributed by atoms with E-state index in [2.05, 4.69) is 0 Å². The second-order valence-corrected chi connectivity index (χ2v) is 6.82. The molecule has 1 nitrogen and oxygen atoms in total. The summed E-state index contributed by atoms with van der Waals surface area (Å²) in [6, 6.07) is 14.9. The Labute approximate surface area is 141 Å². The molecule has 106 valence electrons. The van der Waals surface area contributed by atoms with Crippen LogP contribution >= 0.6 is 4.06 Å². The van der Waals surface area contributed by atoms with Crippen molar-refractivity contribution in [2.24, 2.45) is 0 Å². The standard InChI is InChI=1S/C14H9F3OSXe/c15-14(16,19-20-17)13(18)12-9-5-4-8-11(12)10-6-2-1-3-7-10/h1-9H. The van der Waals surface area contributed by atoms with E-state index in [1.54, 1.807) is 42.5 Å². The van der Waals surface area contributed by atoms with Crippen LogP contribution in [0, 0.1) is 43.0 Å². The van der Waals surface area contributed by atoms with E-state index in [4.69, 9.17) is 0 Å². The third kappa shape index (κ3) is 3.72. The molecule has 2 rings (SSSR count). The summed E-state index contributed by atoms with van der Waals surface area (Å²) in [5, 5.41) is -3.72. The number of rotatable bonds is 5. The molecule has 0 aliphatic carbocycles.